The lowest BCUT2D eigenvalue weighted by atomic mass is 9.85. The minimum absolute atomic E-state index is 0.352. The maximum atomic E-state index is 15.4. The predicted molar refractivity (Wildman–Crippen MR) is 105 cm³/mol. The van der Waals surface area contributed by atoms with Gasteiger partial charge in [0.05, 0.1) is 18.1 Å². The third kappa shape index (κ3) is 3.31. The summed E-state index contributed by atoms with van der Waals surface area (Å²) in [5.41, 5.74) is -1.79. The van der Waals surface area contributed by atoms with Gasteiger partial charge in [0.15, 0.2) is 5.69 Å². The summed E-state index contributed by atoms with van der Waals surface area (Å²) in [6.07, 6.45) is 6.93. The van der Waals surface area contributed by atoms with Crippen LogP contribution in [0.2, 0.25) is 0 Å². The van der Waals surface area contributed by atoms with Crippen LogP contribution in [0.4, 0.5) is 8.78 Å². The van der Waals surface area contributed by atoms with Crippen molar-refractivity contribution < 1.29 is 13.5 Å². The molecule has 0 bridgehead atoms. The van der Waals surface area contributed by atoms with Crippen molar-refractivity contribution in [1.82, 2.24) is 9.97 Å². The van der Waals surface area contributed by atoms with Gasteiger partial charge in [0.25, 0.3) is 5.56 Å². The van der Waals surface area contributed by atoms with Gasteiger partial charge in [-0.3, -0.25) is 4.79 Å². The van der Waals surface area contributed by atoms with Crippen LogP contribution in [0, 0.1) is 17.3 Å². The van der Waals surface area contributed by atoms with E-state index >= 15 is 8.78 Å². The summed E-state index contributed by atoms with van der Waals surface area (Å²) in [4.78, 5) is 19.1. The van der Waals surface area contributed by atoms with Gasteiger partial charge in [-0.15, -0.1) is 0 Å². The number of aromatic nitrogens is 2. The van der Waals surface area contributed by atoms with E-state index in [1.54, 1.807) is 18.2 Å². The SMILES string of the molecule is COc1ccc2nc(C(F)(F)C3(CCC[C@@H]4CCCC4C)CC3)c(=O)[nH]c2c1. The highest BCUT2D eigenvalue weighted by molar-refractivity contribution is 5.75. The van der Waals surface area contributed by atoms with Crippen molar-refractivity contribution >= 4 is 11.0 Å². The van der Waals surface area contributed by atoms with Gasteiger partial charge in [-0.05, 0) is 43.2 Å². The molecule has 1 aromatic carbocycles. The number of methoxy groups -OCH3 is 1. The van der Waals surface area contributed by atoms with E-state index in [1.165, 1.54) is 26.4 Å². The maximum Gasteiger partial charge on any atom is 0.300 e. The average Bonchev–Trinajstić information content (AvgIpc) is 3.37. The molecule has 152 valence electrons. The Kier molecular flexibility index (Phi) is 4.92. The molecular formula is C22H28F2N2O2. The van der Waals surface area contributed by atoms with Gasteiger partial charge in [0.2, 0.25) is 0 Å². The first kappa shape index (κ1) is 19.3. The first-order valence-corrected chi connectivity index (χ1v) is 10.3. The molecule has 2 aliphatic rings. The number of hydrogen-bond acceptors (Lipinski definition) is 3. The van der Waals surface area contributed by atoms with E-state index in [0.717, 1.165) is 12.8 Å². The lowest BCUT2D eigenvalue weighted by molar-refractivity contribution is -0.0894. The summed E-state index contributed by atoms with van der Waals surface area (Å²) in [6, 6.07) is 4.86. The molecular weight excluding hydrogens is 362 g/mol. The summed E-state index contributed by atoms with van der Waals surface area (Å²) < 4.78 is 35.9. The molecule has 6 heteroatoms. The second-order valence-electron chi connectivity index (χ2n) is 8.71. The quantitative estimate of drug-likeness (QED) is 0.688. The van der Waals surface area contributed by atoms with E-state index in [4.69, 9.17) is 4.74 Å². The van der Waals surface area contributed by atoms with Crippen LogP contribution in [0.3, 0.4) is 0 Å². The van der Waals surface area contributed by atoms with Gasteiger partial charge in [0, 0.05) is 11.5 Å². The number of alkyl halides is 2. The third-order valence-electron chi connectivity index (χ3n) is 6.99. The molecule has 0 radical (unpaired) electrons. The molecule has 1 N–H and O–H groups in total. The monoisotopic (exact) mass is 390 g/mol. The zero-order chi connectivity index (χ0) is 19.9. The van der Waals surface area contributed by atoms with E-state index in [2.05, 4.69) is 16.9 Å². The lowest BCUT2D eigenvalue weighted by Crippen LogP contribution is -2.35. The molecule has 4 rings (SSSR count). The number of hydrogen-bond donors (Lipinski definition) is 1. The van der Waals surface area contributed by atoms with Crippen LogP contribution in [-0.4, -0.2) is 17.1 Å². The molecule has 2 atom stereocenters. The van der Waals surface area contributed by atoms with Crippen molar-refractivity contribution in [2.45, 2.75) is 64.2 Å². The fourth-order valence-electron chi connectivity index (χ4n) is 4.88. The minimum atomic E-state index is -3.21. The van der Waals surface area contributed by atoms with E-state index in [1.807, 2.05) is 0 Å². The number of fused-ring (bicyclic) bond motifs is 1. The standard InChI is InChI=1S/C22H28F2N2O2/c1-14-5-3-6-15(14)7-4-10-21(11-12-21)22(23,24)19-20(27)26-18-13-16(28-2)8-9-17(18)25-19/h8-9,13-15H,3-7,10-12H2,1-2H3,(H,26,27)/t14?,15-/m0/s1. The van der Waals surface area contributed by atoms with Gasteiger partial charge in [-0.2, -0.15) is 8.78 Å². The Morgan fingerprint density at radius 2 is 2.11 bits per heavy atom. The van der Waals surface area contributed by atoms with Crippen LogP contribution in [0.25, 0.3) is 11.0 Å². The van der Waals surface area contributed by atoms with Gasteiger partial charge in [0.1, 0.15) is 5.75 Å². The van der Waals surface area contributed by atoms with Gasteiger partial charge in [-0.1, -0.05) is 39.0 Å². The Labute approximate surface area is 163 Å². The number of ether oxygens (including phenoxy) is 1. The van der Waals surface area contributed by atoms with E-state index in [-0.39, 0.29) is 0 Å². The van der Waals surface area contributed by atoms with E-state index in [0.29, 0.717) is 47.9 Å². The number of benzene rings is 1. The van der Waals surface area contributed by atoms with Crippen LogP contribution in [0.5, 0.6) is 5.75 Å². The molecule has 0 aliphatic heterocycles. The number of nitrogens with zero attached hydrogens (tertiary/aromatic N) is 1. The molecule has 28 heavy (non-hydrogen) atoms. The van der Waals surface area contributed by atoms with E-state index < -0.39 is 22.6 Å². The first-order chi connectivity index (χ1) is 13.4. The van der Waals surface area contributed by atoms with Crippen LogP contribution in [-0.2, 0) is 5.92 Å². The molecule has 0 saturated heterocycles. The minimum Gasteiger partial charge on any atom is -0.497 e. The number of halogens is 2. The Balaban J connectivity index is 1.55. The van der Waals surface area contributed by atoms with Crippen molar-refractivity contribution in [3.63, 3.8) is 0 Å². The molecule has 4 nitrogen and oxygen atoms in total. The van der Waals surface area contributed by atoms with Crippen LogP contribution >= 0.6 is 0 Å². The fraction of sp³-hybridized carbons (Fsp3) is 0.636. The fourth-order valence-corrected chi connectivity index (χ4v) is 4.88. The van der Waals surface area contributed by atoms with Crippen LogP contribution in [0.15, 0.2) is 23.0 Å². The average molecular weight is 390 g/mol. The predicted octanol–water partition coefficient (Wildman–Crippen LogP) is 5.41. The molecule has 0 amide bonds. The second kappa shape index (κ2) is 7.12. The summed E-state index contributed by atoms with van der Waals surface area (Å²) in [5, 5.41) is 0. The molecule has 2 aliphatic carbocycles. The highest BCUT2D eigenvalue weighted by Gasteiger charge is 2.63. The van der Waals surface area contributed by atoms with Crippen molar-refractivity contribution in [2.24, 2.45) is 17.3 Å². The smallest absolute Gasteiger partial charge is 0.300 e. The molecule has 1 unspecified atom stereocenters. The molecule has 2 fully saturated rings. The lowest BCUT2D eigenvalue weighted by Gasteiger charge is -2.26. The number of rotatable bonds is 7. The highest BCUT2D eigenvalue weighted by Crippen LogP contribution is 2.63. The molecule has 2 aromatic rings. The molecule has 1 aromatic heterocycles. The zero-order valence-electron chi connectivity index (χ0n) is 16.6. The maximum absolute atomic E-state index is 15.4. The highest BCUT2D eigenvalue weighted by atomic mass is 19.3. The van der Waals surface area contributed by atoms with Gasteiger partial charge >= 0.3 is 5.92 Å². The first-order valence-electron chi connectivity index (χ1n) is 10.3. The molecule has 0 spiro atoms. The van der Waals surface area contributed by atoms with Crippen molar-refractivity contribution in [3.8, 4) is 5.75 Å². The van der Waals surface area contributed by atoms with Crippen molar-refractivity contribution in [2.75, 3.05) is 7.11 Å². The number of H-pyrrole nitrogens is 1. The summed E-state index contributed by atoms with van der Waals surface area (Å²) in [7, 11) is 1.51. The number of nitrogens with one attached hydrogen (secondary N) is 1. The van der Waals surface area contributed by atoms with Gasteiger partial charge in [-0.25, -0.2) is 4.98 Å². The zero-order valence-corrected chi connectivity index (χ0v) is 16.6. The number of aromatic amines is 1. The van der Waals surface area contributed by atoms with E-state index in [9.17, 15) is 4.79 Å². The topological polar surface area (TPSA) is 55.0 Å². The van der Waals surface area contributed by atoms with Gasteiger partial charge < -0.3 is 9.72 Å². The second-order valence-corrected chi connectivity index (χ2v) is 8.71. The molecule has 1 heterocycles. The van der Waals surface area contributed by atoms with Crippen molar-refractivity contribution in [3.05, 3.63) is 34.2 Å². The Morgan fingerprint density at radius 3 is 2.75 bits per heavy atom. The summed E-state index contributed by atoms with van der Waals surface area (Å²) in [5.74, 6) is -1.29. The summed E-state index contributed by atoms with van der Waals surface area (Å²) >= 11 is 0. The van der Waals surface area contributed by atoms with Crippen molar-refractivity contribution in [1.29, 1.82) is 0 Å². The Bertz CT molecular complexity index is 920. The Morgan fingerprint density at radius 1 is 1.32 bits per heavy atom. The summed E-state index contributed by atoms with van der Waals surface area (Å²) in [6.45, 7) is 2.27. The molecule has 2 saturated carbocycles. The largest absolute Gasteiger partial charge is 0.497 e. The Hall–Kier alpha value is -1.98. The van der Waals surface area contributed by atoms with Crippen LogP contribution in [0.1, 0.15) is 64.0 Å². The normalized spacial score (nSPS) is 23.9. The third-order valence-corrected chi connectivity index (χ3v) is 6.99. The van der Waals surface area contributed by atoms with Crippen LogP contribution < -0.4 is 10.3 Å².